The third-order valence-corrected chi connectivity index (χ3v) is 3.85. The molecule has 0 fully saturated rings. The molecule has 23 heavy (non-hydrogen) atoms. The van der Waals surface area contributed by atoms with Crippen LogP contribution < -0.4 is 10.6 Å². The Morgan fingerprint density at radius 2 is 1.83 bits per heavy atom. The van der Waals surface area contributed by atoms with E-state index in [4.69, 9.17) is 0 Å². The normalized spacial score (nSPS) is 12.4. The van der Waals surface area contributed by atoms with Crippen molar-refractivity contribution in [3.05, 3.63) is 35.9 Å². The van der Waals surface area contributed by atoms with E-state index < -0.39 is 0 Å². The number of amides is 2. The van der Waals surface area contributed by atoms with Crippen molar-refractivity contribution in [3.63, 3.8) is 0 Å². The number of hydrogen-bond acceptors (Lipinski definition) is 2. The molecule has 1 rings (SSSR count). The highest BCUT2D eigenvalue weighted by atomic mass is 16.2. The van der Waals surface area contributed by atoms with Gasteiger partial charge < -0.3 is 15.5 Å². The van der Waals surface area contributed by atoms with Crippen LogP contribution in [0.2, 0.25) is 0 Å². The molecule has 1 aromatic rings. The molecule has 2 N–H and O–H groups in total. The Morgan fingerprint density at radius 3 is 2.48 bits per heavy atom. The third kappa shape index (κ3) is 9.95. The van der Waals surface area contributed by atoms with Crippen LogP contribution >= 0.6 is 0 Å². The van der Waals surface area contributed by atoms with Gasteiger partial charge >= 0.3 is 6.03 Å². The topological polar surface area (TPSA) is 44.4 Å². The van der Waals surface area contributed by atoms with E-state index in [0.29, 0.717) is 12.5 Å². The predicted molar refractivity (Wildman–Crippen MR) is 97.5 cm³/mol. The van der Waals surface area contributed by atoms with Gasteiger partial charge in [0.25, 0.3) is 0 Å². The molecule has 130 valence electrons. The highest BCUT2D eigenvalue weighted by Crippen LogP contribution is 2.06. The van der Waals surface area contributed by atoms with Crippen molar-refractivity contribution in [3.8, 4) is 0 Å². The molecule has 0 bridgehead atoms. The molecule has 4 heteroatoms. The summed E-state index contributed by atoms with van der Waals surface area (Å²) in [4.78, 5) is 14.1. The van der Waals surface area contributed by atoms with Crippen LogP contribution in [-0.4, -0.2) is 37.1 Å². The minimum absolute atomic E-state index is 0.0491. The summed E-state index contributed by atoms with van der Waals surface area (Å²) in [6, 6.07) is 10.6. The maximum absolute atomic E-state index is 11.8. The number of carbonyl (C=O) groups excluding carboxylic acids is 1. The molecular formula is C19H33N3O. The van der Waals surface area contributed by atoms with Crippen molar-refractivity contribution >= 4 is 6.03 Å². The monoisotopic (exact) mass is 319 g/mol. The van der Waals surface area contributed by atoms with Crippen LogP contribution in [0.1, 0.15) is 45.6 Å². The standard InChI is InChI=1S/C19H33N3O/c1-16(2)11-12-17(3)21-19(23)20-13-8-14-22(4)15-18-9-6-5-7-10-18/h5-7,9-10,16-17H,8,11-15H2,1-4H3,(H2,20,21,23). The Balaban J connectivity index is 2.08. The molecule has 0 radical (unpaired) electrons. The van der Waals surface area contributed by atoms with Crippen molar-refractivity contribution < 1.29 is 4.79 Å². The van der Waals surface area contributed by atoms with Crippen LogP contribution in [-0.2, 0) is 6.54 Å². The van der Waals surface area contributed by atoms with Crippen molar-refractivity contribution in [1.82, 2.24) is 15.5 Å². The second kappa shape index (κ2) is 11.1. The fourth-order valence-electron chi connectivity index (χ4n) is 2.46. The van der Waals surface area contributed by atoms with Gasteiger partial charge in [0.15, 0.2) is 0 Å². The summed E-state index contributed by atoms with van der Waals surface area (Å²) in [5.74, 6) is 0.683. The molecule has 1 unspecified atom stereocenters. The summed E-state index contributed by atoms with van der Waals surface area (Å²) in [6.45, 7) is 9.10. The Morgan fingerprint density at radius 1 is 1.13 bits per heavy atom. The number of nitrogens with zero attached hydrogens (tertiary/aromatic N) is 1. The first kappa shape index (κ1) is 19.5. The minimum atomic E-state index is -0.0491. The molecule has 0 heterocycles. The van der Waals surface area contributed by atoms with Crippen LogP contribution in [0, 0.1) is 5.92 Å². The zero-order valence-electron chi connectivity index (χ0n) is 15.1. The van der Waals surface area contributed by atoms with Gasteiger partial charge in [-0.15, -0.1) is 0 Å². The summed E-state index contributed by atoms with van der Waals surface area (Å²) < 4.78 is 0. The van der Waals surface area contributed by atoms with E-state index in [-0.39, 0.29) is 12.1 Å². The van der Waals surface area contributed by atoms with Crippen molar-refractivity contribution in [2.45, 2.75) is 52.6 Å². The second-order valence-electron chi connectivity index (χ2n) is 6.85. The third-order valence-electron chi connectivity index (χ3n) is 3.85. The minimum Gasteiger partial charge on any atom is -0.338 e. The molecule has 0 aliphatic heterocycles. The molecule has 2 amide bonds. The Bertz CT molecular complexity index is 434. The average Bonchev–Trinajstić information content (AvgIpc) is 2.50. The summed E-state index contributed by atoms with van der Waals surface area (Å²) in [5, 5.41) is 5.94. The molecule has 1 atom stereocenters. The van der Waals surface area contributed by atoms with Crippen LogP contribution in [0.25, 0.3) is 0 Å². The van der Waals surface area contributed by atoms with Gasteiger partial charge in [-0.3, -0.25) is 0 Å². The first-order valence-corrected chi connectivity index (χ1v) is 8.74. The summed E-state index contributed by atoms with van der Waals surface area (Å²) in [6.07, 6.45) is 3.13. The van der Waals surface area contributed by atoms with Crippen LogP contribution in [0.3, 0.4) is 0 Å². The molecule has 0 aliphatic carbocycles. The van der Waals surface area contributed by atoms with Gasteiger partial charge in [-0.2, -0.15) is 0 Å². The molecule has 0 aromatic heterocycles. The van der Waals surface area contributed by atoms with Crippen LogP contribution in [0.5, 0.6) is 0 Å². The average molecular weight is 319 g/mol. The van der Waals surface area contributed by atoms with E-state index in [1.54, 1.807) is 0 Å². The number of urea groups is 1. The van der Waals surface area contributed by atoms with E-state index >= 15 is 0 Å². The second-order valence-corrected chi connectivity index (χ2v) is 6.85. The van der Waals surface area contributed by atoms with Gasteiger partial charge in [-0.25, -0.2) is 4.79 Å². The number of nitrogens with one attached hydrogen (secondary N) is 2. The van der Waals surface area contributed by atoms with Crippen molar-refractivity contribution in [1.29, 1.82) is 0 Å². The van der Waals surface area contributed by atoms with Gasteiger partial charge in [0.05, 0.1) is 0 Å². The van der Waals surface area contributed by atoms with Crippen molar-refractivity contribution in [2.75, 3.05) is 20.1 Å². The summed E-state index contributed by atoms with van der Waals surface area (Å²) in [5.41, 5.74) is 1.32. The fraction of sp³-hybridized carbons (Fsp3) is 0.632. The lowest BCUT2D eigenvalue weighted by Crippen LogP contribution is -2.41. The summed E-state index contributed by atoms with van der Waals surface area (Å²) >= 11 is 0. The van der Waals surface area contributed by atoms with Crippen LogP contribution in [0.4, 0.5) is 4.79 Å². The van der Waals surface area contributed by atoms with Gasteiger partial charge in [0.1, 0.15) is 0 Å². The highest BCUT2D eigenvalue weighted by Gasteiger charge is 2.07. The molecule has 0 saturated heterocycles. The number of benzene rings is 1. The fourth-order valence-corrected chi connectivity index (χ4v) is 2.46. The van der Waals surface area contributed by atoms with Gasteiger partial charge in [-0.1, -0.05) is 44.2 Å². The smallest absolute Gasteiger partial charge is 0.314 e. The lowest BCUT2D eigenvalue weighted by molar-refractivity contribution is 0.235. The predicted octanol–water partition coefficient (Wildman–Crippen LogP) is 3.63. The van der Waals surface area contributed by atoms with E-state index in [2.05, 4.69) is 67.6 Å². The molecule has 0 saturated carbocycles. The number of carbonyl (C=O) groups is 1. The zero-order chi connectivity index (χ0) is 17.1. The quantitative estimate of drug-likeness (QED) is 0.647. The Hall–Kier alpha value is -1.55. The van der Waals surface area contributed by atoms with E-state index in [9.17, 15) is 4.79 Å². The first-order valence-electron chi connectivity index (χ1n) is 8.74. The first-order chi connectivity index (χ1) is 11.0. The largest absolute Gasteiger partial charge is 0.338 e. The van der Waals surface area contributed by atoms with E-state index in [1.165, 1.54) is 5.56 Å². The van der Waals surface area contributed by atoms with Gasteiger partial charge in [0.2, 0.25) is 0 Å². The Kier molecular flexibility index (Phi) is 9.37. The molecule has 1 aromatic carbocycles. The van der Waals surface area contributed by atoms with E-state index in [0.717, 1.165) is 32.4 Å². The lowest BCUT2D eigenvalue weighted by Gasteiger charge is -2.18. The Labute approximate surface area is 141 Å². The lowest BCUT2D eigenvalue weighted by atomic mass is 10.0. The maximum Gasteiger partial charge on any atom is 0.314 e. The molecular weight excluding hydrogens is 286 g/mol. The van der Waals surface area contributed by atoms with Gasteiger partial charge in [-0.05, 0) is 51.3 Å². The van der Waals surface area contributed by atoms with E-state index in [1.807, 2.05) is 6.07 Å². The van der Waals surface area contributed by atoms with Crippen LogP contribution in [0.15, 0.2) is 30.3 Å². The number of hydrogen-bond donors (Lipinski definition) is 2. The highest BCUT2D eigenvalue weighted by molar-refractivity contribution is 5.74. The SMILES string of the molecule is CC(C)CCC(C)NC(=O)NCCCN(C)Cc1ccccc1. The zero-order valence-corrected chi connectivity index (χ0v) is 15.1. The number of rotatable bonds is 10. The molecule has 4 nitrogen and oxygen atoms in total. The van der Waals surface area contributed by atoms with Crippen molar-refractivity contribution in [2.24, 2.45) is 5.92 Å². The maximum atomic E-state index is 11.8. The summed E-state index contributed by atoms with van der Waals surface area (Å²) in [7, 11) is 2.11. The van der Waals surface area contributed by atoms with Gasteiger partial charge in [0, 0.05) is 19.1 Å². The molecule has 0 aliphatic rings. The molecule has 0 spiro atoms.